The maximum Gasteiger partial charge on any atom is 0.129 e. The second-order valence-electron chi connectivity index (χ2n) is 4.95. The van der Waals surface area contributed by atoms with Crippen LogP contribution in [0.5, 0.6) is 0 Å². The van der Waals surface area contributed by atoms with Crippen molar-refractivity contribution in [3.8, 4) is 11.8 Å². The van der Waals surface area contributed by atoms with Crippen LogP contribution >= 0.6 is 0 Å². The van der Waals surface area contributed by atoms with Crippen molar-refractivity contribution in [1.29, 1.82) is 0 Å². The Morgan fingerprint density at radius 3 is 2.35 bits per heavy atom. The summed E-state index contributed by atoms with van der Waals surface area (Å²) in [5.74, 6) is 6.55. The third-order valence-electron chi connectivity index (χ3n) is 3.31. The van der Waals surface area contributed by atoms with E-state index in [2.05, 4.69) is 22.1 Å². The summed E-state index contributed by atoms with van der Waals surface area (Å²) < 4.78 is 14.1. The largest absolute Gasteiger partial charge is 0.353 e. The zero-order chi connectivity index (χ0) is 15.9. The zero-order valence-electron chi connectivity index (χ0n) is 12.4. The first-order valence-electron chi connectivity index (χ1n) is 7.31. The Balaban J connectivity index is 1.94. The monoisotopic (exact) mass is 302 g/mol. The van der Waals surface area contributed by atoms with E-state index in [-0.39, 0.29) is 5.82 Å². The number of rotatable bonds is 3. The van der Waals surface area contributed by atoms with Crippen LogP contribution in [0.3, 0.4) is 0 Å². The van der Waals surface area contributed by atoms with E-state index >= 15 is 0 Å². The Morgan fingerprint density at radius 1 is 0.870 bits per heavy atom. The van der Waals surface area contributed by atoms with Crippen molar-refractivity contribution in [3.63, 3.8) is 0 Å². The molecule has 0 amide bonds. The molecule has 0 bridgehead atoms. The van der Waals surface area contributed by atoms with Gasteiger partial charge in [0.15, 0.2) is 0 Å². The summed E-state index contributed by atoms with van der Waals surface area (Å²) in [5.41, 5.74) is 1.39. The molecule has 0 saturated carbocycles. The van der Waals surface area contributed by atoms with Gasteiger partial charge in [0.1, 0.15) is 17.7 Å². The van der Waals surface area contributed by atoms with Crippen LogP contribution in [-0.4, -0.2) is 4.98 Å². The van der Waals surface area contributed by atoms with Gasteiger partial charge in [-0.1, -0.05) is 54.3 Å². The van der Waals surface area contributed by atoms with Crippen molar-refractivity contribution in [3.05, 3.63) is 95.9 Å². The summed E-state index contributed by atoms with van der Waals surface area (Å²) in [7, 11) is 0. The highest BCUT2D eigenvalue weighted by Gasteiger charge is 2.13. The van der Waals surface area contributed by atoms with E-state index in [0.717, 1.165) is 5.56 Å². The molecule has 0 aliphatic rings. The van der Waals surface area contributed by atoms with E-state index in [1.165, 1.54) is 6.07 Å². The SMILES string of the molecule is Fc1ccccc1C(C#Cc1ccccc1)Nc1ccccn1. The summed E-state index contributed by atoms with van der Waals surface area (Å²) in [4.78, 5) is 4.23. The van der Waals surface area contributed by atoms with Crippen molar-refractivity contribution in [2.24, 2.45) is 0 Å². The second kappa shape index (κ2) is 7.24. The van der Waals surface area contributed by atoms with Crippen LogP contribution in [0.25, 0.3) is 0 Å². The Morgan fingerprint density at radius 2 is 1.61 bits per heavy atom. The molecule has 0 aliphatic heterocycles. The van der Waals surface area contributed by atoms with Crippen molar-refractivity contribution in [2.75, 3.05) is 5.32 Å². The molecule has 0 spiro atoms. The van der Waals surface area contributed by atoms with Gasteiger partial charge in [0, 0.05) is 17.3 Å². The third-order valence-corrected chi connectivity index (χ3v) is 3.31. The first-order chi connectivity index (χ1) is 11.3. The topological polar surface area (TPSA) is 24.9 Å². The molecule has 112 valence electrons. The lowest BCUT2D eigenvalue weighted by Gasteiger charge is -2.14. The molecule has 0 aliphatic carbocycles. The molecular weight excluding hydrogens is 287 g/mol. The van der Waals surface area contributed by atoms with Crippen LogP contribution in [0.4, 0.5) is 10.2 Å². The number of hydrogen-bond acceptors (Lipinski definition) is 2. The minimum atomic E-state index is -0.480. The second-order valence-corrected chi connectivity index (χ2v) is 4.95. The number of hydrogen-bond donors (Lipinski definition) is 1. The van der Waals surface area contributed by atoms with Crippen molar-refractivity contribution in [2.45, 2.75) is 6.04 Å². The summed E-state index contributed by atoms with van der Waals surface area (Å²) in [5, 5.41) is 3.18. The van der Waals surface area contributed by atoms with E-state index in [4.69, 9.17) is 0 Å². The van der Waals surface area contributed by atoms with Gasteiger partial charge < -0.3 is 5.32 Å². The van der Waals surface area contributed by atoms with Crippen LogP contribution in [-0.2, 0) is 0 Å². The molecule has 3 rings (SSSR count). The van der Waals surface area contributed by atoms with E-state index in [9.17, 15) is 4.39 Å². The van der Waals surface area contributed by atoms with Gasteiger partial charge in [-0.05, 0) is 30.3 Å². The normalized spacial score (nSPS) is 11.2. The molecule has 1 N–H and O–H groups in total. The van der Waals surface area contributed by atoms with Crippen LogP contribution in [0.1, 0.15) is 17.2 Å². The van der Waals surface area contributed by atoms with Crippen molar-refractivity contribution in [1.82, 2.24) is 4.98 Å². The van der Waals surface area contributed by atoms with Gasteiger partial charge in [0.2, 0.25) is 0 Å². The molecule has 0 radical (unpaired) electrons. The fraction of sp³-hybridized carbons (Fsp3) is 0.0500. The van der Waals surface area contributed by atoms with Gasteiger partial charge in [-0.3, -0.25) is 0 Å². The van der Waals surface area contributed by atoms with Gasteiger partial charge >= 0.3 is 0 Å². The molecule has 0 saturated heterocycles. The molecule has 2 nitrogen and oxygen atoms in total. The maximum absolute atomic E-state index is 14.1. The summed E-state index contributed by atoms with van der Waals surface area (Å²) in [6.07, 6.45) is 1.69. The number of anilines is 1. The molecule has 23 heavy (non-hydrogen) atoms. The van der Waals surface area contributed by atoms with E-state index < -0.39 is 6.04 Å². The number of pyridine rings is 1. The Bertz CT molecular complexity index is 820. The standard InChI is InChI=1S/C20H15FN2/c21-18-11-5-4-10-17(18)19(23-20-12-6-7-15-22-20)14-13-16-8-2-1-3-9-16/h1-12,15,19H,(H,22,23). The molecule has 1 heterocycles. The van der Waals surface area contributed by atoms with Gasteiger partial charge in [-0.25, -0.2) is 9.37 Å². The number of nitrogens with zero attached hydrogens (tertiary/aromatic N) is 1. The quantitative estimate of drug-likeness (QED) is 0.724. The van der Waals surface area contributed by atoms with Crippen LogP contribution in [0.15, 0.2) is 79.0 Å². The first kappa shape index (κ1) is 14.8. The predicted molar refractivity (Wildman–Crippen MR) is 90.3 cm³/mol. The van der Waals surface area contributed by atoms with E-state index in [0.29, 0.717) is 11.4 Å². The van der Waals surface area contributed by atoms with Crippen molar-refractivity contribution < 1.29 is 4.39 Å². The summed E-state index contributed by atoms with van der Waals surface area (Å²) in [6.45, 7) is 0. The molecule has 1 atom stereocenters. The lowest BCUT2D eigenvalue weighted by Crippen LogP contribution is -2.11. The van der Waals surface area contributed by atoms with Gasteiger partial charge in [0.05, 0.1) is 0 Å². The molecule has 0 fully saturated rings. The van der Waals surface area contributed by atoms with Gasteiger partial charge in [-0.2, -0.15) is 0 Å². The minimum Gasteiger partial charge on any atom is -0.353 e. The molecule has 2 aromatic carbocycles. The Hall–Kier alpha value is -3.12. The number of aromatic nitrogens is 1. The summed E-state index contributed by atoms with van der Waals surface area (Å²) in [6, 6.07) is 21.3. The zero-order valence-corrected chi connectivity index (χ0v) is 12.4. The lowest BCUT2D eigenvalue weighted by atomic mass is 10.1. The summed E-state index contributed by atoms with van der Waals surface area (Å²) >= 11 is 0. The highest BCUT2D eigenvalue weighted by atomic mass is 19.1. The lowest BCUT2D eigenvalue weighted by molar-refractivity contribution is 0.608. The number of benzene rings is 2. The molecular formula is C20H15FN2. The van der Waals surface area contributed by atoms with Crippen LogP contribution in [0.2, 0.25) is 0 Å². The average molecular weight is 302 g/mol. The number of halogens is 1. The average Bonchev–Trinajstić information content (AvgIpc) is 2.61. The van der Waals surface area contributed by atoms with Gasteiger partial charge in [-0.15, -0.1) is 0 Å². The van der Waals surface area contributed by atoms with Crippen LogP contribution in [0, 0.1) is 17.7 Å². The predicted octanol–water partition coefficient (Wildman–Crippen LogP) is 4.43. The molecule has 1 unspecified atom stereocenters. The Kier molecular flexibility index (Phi) is 4.66. The number of nitrogens with one attached hydrogen (secondary N) is 1. The highest BCUT2D eigenvalue weighted by Crippen LogP contribution is 2.20. The fourth-order valence-corrected chi connectivity index (χ4v) is 2.17. The highest BCUT2D eigenvalue weighted by molar-refractivity contribution is 5.45. The molecule has 3 heteroatoms. The third kappa shape index (κ3) is 3.96. The van der Waals surface area contributed by atoms with Gasteiger partial charge in [0.25, 0.3) is 0 Å². The Labute approximate surface area is 135 Å². The van der Waals surface area contributed by atoms with E-state index in [1.54, 1.807) is 24.4 Å². The molecule has 1 aromatic heterocycles. The first-order valence-corrected chi connectivity index (χ1v) is 7.31. The van der Waals surface area contributed by atoms with Crippen LogP contribution < -0.4 is 5.32 Å². The smallest absolute Gasteiger partial charge is 0.129 e. The fourth-order valence-electron chi connectivity index (χ4n) is 2.17. The molecule has 3 aromatic rings. The minimum absolute atomic E-state index is 0.289. The maximum atomic E-state index is 14.1. The van der Waals surface area contributed by atoms with E-state index in [1.807, 2.05) is 48.5 Å². The van der Waals surface area contributed by atoms with Crippen molar-refractivity contribution >= 4 is 5.82 Å².